The van der Waals surface area contributed by atoms with Crippen LogP contribution < -0.4 is 10.2 Å². The smallest absolute Gasteiger partial charge is 0.137 e. The number of nitrogens with one attached hydrogen (secondary N) is 1. The van der Waals surface area contributed by atoms with Crippen molar-refractivity contribution in [1.82, 2.24) is 14.9 Å². The van der Waals surface area contributed by atoms with E-state index in [2.05, 4.69) is 46.1 Å². The molecule has 1 aromatic rings. The van der Waals surface area contributed by atoms with E-state index in [1.807, 2.05) is 7.05 Å². The molecule has 1 unspecified atom stereocenters. The van der Waals surface area contributed by atoms with E-state index in [0.29, 0.717) is 6.04 Å². The monoisotopic (exact) mass is 249 g/mol. The van der Waals surface area contributed by atoms with E-state index in [-0.39, 0.29) is 0 Å². The molecule has 100 valence electrons. The fraction of sp³-hybridized carbons (Fsp3) is 0.692. The number of likely N-dealkylation sites (N-methyl/N-ethyl adjacent to an activating group) is 1. The van der Waals surface area contributed by atoms with Crippen LogP contribution in [0.15, 0.2) is 6.33 Å². The zero-order valence-electron chi connectivity index (χ0n) is 11.8. The fourth-order valence-electron chi connectivity index (χ4n) is 2.58. The first-order valence-electron chi connectivity index (χ1n) is 6.54. The molecule has 0 amide bonds. The predicted octanol–water partition coefficient (Wildman–Crippen LogP) is 1.36. The van der Waals surface area contributed by atoms with Gasteiger partial charge in [-0.2, -0.15) is 0 Å². The molecule has 1 fully saturated rings. The summed E-state index contributed by atoms with van der Waals surface area (Å²) in [5.74, 6) is 1.99. The molecular formula is C13H23N5. The number of hydrogen-bond donors (Lipinski definition) is 1. The molecule has 1 atom stereocenters. The number of aromatic nitrogens is 2. The van der Waals surface area contributed by atoms with Gasteiger partial charge in [0.2, 0.25) is 0 Å². The lowest BCUT2D eigenvalue weighted by Gasteiger charge is -2.37. The average Bonchev–Trinajstić information content (AvgIpc) is 2.39. The van der Waals surface area contributed by atoms with Crippen molar-refractivity contribution in [2.24, 2.45) is 0 Å². The fourth-order valence-corrected chi connectivity index (χ4v) is 2.58. The molecule has 18 heavy (non-hydrogen) atoms. The molecule has 0 spiro atoms. The summed E-state index contributed by atoms with van der Waals surface area (Å²) in [4.78, 5) is 13.4. The van der Waals surface area contributed by atoms with E-state index in [1.54, 1.807) is 6.33 Å². The molecule has 0 aromatic carbocycles. The third-order valence-corrected chi connectivity index (χ3v) is 3.72. The van der Waals surface area contributed by atoms with Crippen molar-refractivity contribution in [1.29, 1.82) is 0 Å². The first kappa shape index (κ1) is 13.1. The minimum atomic E-state index is 0.617. The Morgan fingerprint density at radius 2 is 2.17 bits per heavy atom. The summed E-state index contributed by atoms with van der Waals surface area (Å²) in [6.07, 6.45) is 4.14. The van der Waals surface area contributed by atoms with Gasteiger partial charge in [-0.25, -0.2) is 9.97 Å². The lowest BCUT2D eigenvalue weighted by molar-refractivity contribution is 0.257. The zero-order valence-corrected chi connectivity index (χ0v) is 11.8. The van der Waals surface area contributed by atoms with Crippen LogP contribution in [0, 0.1) is 6.92 Å². The van der Waals surface area contributed by atoms with E-state index < -0.39 is 0 Å². The van der Waals surface area contributed by atoms with E-state index in [1.165, 1.54) is 12.8 Å². The van der Waals surface area contributed by atoms with Gasteiger partial charge in [-0.05, 0) is 33.9 Å². The Labute approximate surface area is 109 Å². The molecule has 1 aliphatic rings. The highest BCUT2D eigenvalue weighted by Crippen LogP contribution is 2.25. The Morgan fingerprint density at radius 3 is 2.83 bits per heavy atom. The van der Waals surface area contributed by atoms with Gasteiger partial charge in [-0.3, -0.25) is 0 Å². The molecule has 5 nitrogen and oxygen atoms in total. The number of nitrogens with zero attached hydrogens (tertiary/aromatic N) is 4. The van der Waals surface area contributed by atoms with E-state index in [0.717, 1.165) is 30.3 Å². The van der Waals surface area contributed by atoms with Crippen LogP contribution in [0.2, 0.25) is 0 Å². The van der Waals surface area contributed by atoms with E-state index >= 15 is 0 Å². The van der Waals surface area contributed by atoms with Crippen LogP contribution in [0.25, 0.3) is 0 Å². The van der Waals surface area contributed by atoms with Gasteiger partial charge >= 0.3 is 0 Å². The SMILES string of the molecule is CNc1ncnc(N2CCCC(N(C)C)C2)c1C. The number of rotatable bonds is 3. The summed E-state index contributed by atoms with van der Waals surface area (Å²) in [7, 11) is 6.21. The molecule has 0 bridgehead atoms. The number of hydrogen-bond acceptors (Lipinski definition) is 5. The van der Waals surface area contributed by atoms with E-state index in [4.69, 9.17) is 0 Å². The largest absolute Gasteiger partial charge is 0.373 e. The molecule has 1 N–H and O–H groups in total. The Bertz CT molecular complexity index is 404. The normalized spacial score (nSPS) is 20.3. The van der Waals surface area contributed by atoms with Gasteiger partial charge in [-0.1, -0.05) is 0 Å². The standard InChI is InChI=1S/C13H23N5/c1-10-12(14-2)15-9-16-13(10)18-7-5-6-11(8-18)17(3)4/h9,11H,5-8H2,1-4H3,(H,14,15,16). The molecule has 0 aliphatic carbocycles. The Balaban J connectivity index is 2.20. The second-order valence-electron chi connectivity index (χ2n) is 5.13. The summed E-state index contributed by atoms with van der Waals surface area (Å²) in [6.45, 7) is 4.22. The molecule has 2 rings (SSSR count). The highest BCUT2D eigenvalue weighted by atomic mass is 15.2. The van der Waals surface area contributed by atoms with Gasteiger partial charge in [0.15, 0.2) is 0 Å². The van der Waals surface area contributed by atoms with Gasteiger partial charge in [0.25, 0.3) is 0 Å². The summed E-state index contributed by atoms with van der Waals surface area (Å²) >= 11 is 0. The van der Waals surface area contributed by atoms with Gasteiger partial charge in [0.1, 0.15) is 18.0 Å². The third kappa shape index (κ3) is 2.56. The van der Waals surface area contributed by atoms with Crippen LogP contribution in [0.4, 0.5) is 11.6 Å². The summed E-state index contributed by atoms with van der Waals surface area (Å²) in [5.41, 5.74) is 1.14. The quantitative estimate of drug-likeness (QED) is 0.876. The lowest BCUT2D eigenvalue weighted by Crippen LogP contribution is -2.45. The van der Waals surface area contributed by atoms with Gasteiger partial charge in [-0.15, -0.1) is 0 Å². The maximum Gasteiger partial charge on any atom is 0.137 e. The molecule has 2 heterocycles. The van der Waals surface area contributed by atoms with Crippen LogP contribution >= 0.6 is 0 Å². The maximum atomic E-state index is 4.46. The van der Waals surface area contributed by atoms with Crippen molar-refractivity contribution in [3.8, 4) is 0 Å². The molecular weight excluding hydrogens is 226 g/mol. The summed E-state index contributed by atoms with van der Waals surface area (Å²) < 4.78 is 0. The summed E-state index contributed by atoms with van der Waals surface area (Å²) in [6, 6.07) is 0.617. The van der Waals surface area contributed by atoms with Crippen LogP contribution in [-0.2, 0) is 0 Å². The van der Waals surface area contributed by atoms with Crippen molar-refractivity contribution >= 4 is 11.6 Å². The number of anilines is 2. The van der Waals surface area contributed by atoms with Crippen molar-refractivity contribution in [3.05, 3.63) is 11.9 Å². The van der Waals surface area contributed by atoms with Gasteiger partial charge < -0.3 is 15.1 Å². The average molecular weight is 249 g/mol. The van der Waals surface area contributed by atoms with Crippen molar-refractivity contribution in [2.75, 3.05) is 44.4 Å². The molecule has 0 saturated carbocycles. The second kappa shape index (κ2) is 5.52. The Kier molecular flexibility index (Phi) is 4.01. The molecule has 1 saturated heterocycles. The first-order valence-corrected chi connectivity index (χ1v) is 6.54. The highest BCUT2D eigenvalue weighted by Gasteiger charge is 2.23. The molecule has 0 radical (unpaired) electrons. The van der Waals surface area contributed by atoms with Gasteiger partial charge in [0.05, 0.1) is 0 Å². The van der Waals surface area contributed by atoms with Gasteiger partial charge in [0, 0.05) is 31.7 Å². The topological polar surface area (TPSA) is 44.3 Å². The maximum absolute atomic E-state index is 4.46. The minimum Gasteiger partial charge on any atom is -0.373 e. The van der Waals surface area contributed by atoms with Crippen LogP contribution in [0.5, 0.6) is 0 Å². The van der Waals surface area contributed by atoms with Crippen molar-refractivity contribution < 1.29 is 0 Å². The molecule has 5 heteroatoms. The Morgan fingerprint density at radius 1 is 1.39 bits per heavy atom. The minimum absolute atomic E-state index is 0.617. The van der Waals surface area contributed by atoms with Crippen LogP contribution in [0.1, 0.15) is 18.4 Å². The lowest BCUT2D eigenvalue weighted by atomic mass is 10.0. The van der Waals surface area contributed by atoms with Crippen molar-refractivity contribution in [3.63, 3.8) is 0 Å². The van der Waals surface area contributed by atoms with Crippen LogP contribution in [-0.4, -0.2) is 55.1 Å². The second-order valence-corrected chi connectivity index (χ2v) is 5.13. The van der Waals surface area contributed by atoms with Crippen molar-refractivity contribution in [2.45, 2.75) is 25.8 Å². The Hall–Kier alpha value is -1.36. The number of piperidine rings is 1. The highest BCUT2D eigenvalue weighted by molar-refractivity contribution is 5.57. The van der Waals surface area contributed by atoms with Crippen LogP contribution in [0.3, 0.4) is 0 Å². The third-order valence-electron chi connectivity index (χ3n) is 3.72. The summed E-state index contributed by atoms with van der Waals surface area (Å²) in [5, 5.41) is 3.12. The predicted molar refractivity (Wildman–Crippen MR) is 75.2 cm³/mol. The molecule has 1 aliphatic heterocycles. The first-order chi connectivity index (χ1) is 8.63. The molecule has 1 aromatic heterocycles. The van der Waals surface area contributed by atoms with E-state index in [9.17, 15) is 0 Å². The zero-order chi connectivity index (χ0) is 13.1.